The van der Waals surface area contributed by atoms with Crippen LogP contribution in [0.15, 0.2) is 0 Å². The summed E-state index contributed by atoms with van der Waals surface area (Å²) in [6.07, 6.45) is 6.26. The van der Waals surface area contributed by atoms with E-state index in [-0.39, 0.29) is 17.9 Å². The molecule has 0 saturated heterocycles. The van der Waals surface area contributed by atoms with Crippen LogP contribution in [0.4, 0.5) is 4.79 Å². The van der Waals surface area contributed by atoms with Gasteiger partial charge in [0.2, 0.25) is 0 Å². The third-order valence-electron chi connectivity index (χ3n) is 4.37. The van der Waals surface area contributed by atoms with Crippen molar-refractivity contribution in [3.05, 3.63) is 0 Å². The summed E-state index contributed by atoms with van der Waals surface area (Å²) in [4.78, 5) is 22.8. The monoisotopic (exact) mass is 284 g/mol. The number of hydrogen-bond donors (Lipinski definition) is 3. The first-order valence-electron chi connectivity index (χ1n) is 7.71. The average Bonchev–Trinajstić information content (AvgIpc) is 2.43. The fraction of sp³-hybridized carbons (Fsp3) is 0.867. The second-order valence-electron chi connectivity index (χ2n) is 6.21. The Labute approximate surface area is 121 Å². The molecule has 0 aromatic heterocycles. The van der Waals surface area contributed by atoms with Crippen molar-refractivity contribution in [2.75, 3.05) is 13.1 Å². The first kappa shape index (κ1) is 16.8. The van der Waals surface area contributed by atoms with Gasteiger partial charge < -0.3 is 15.7 Å². The summed E-state index contributed by atoms with van der Waals surface area (Å²) in [5.41, 5.74) is -0.252. The number of aliphatic carboxylic acids is 1. The van der Waals surface area contributed by atoms with E-state index < -0.39 is 5.97 Å². The molecule has 0 radical (unpaired) electrons. The number of nitrogens with one attached hydrogen (secondary N) is 2. The van der Waals surface area contributed by atoms with E-state index in [1.165, 1.54) is 6.42 Å². The molecule has 1 rings (SSSR count). The second kappa shape index (κ2) is 8.12. The SMILES string of the molecule is CCC(C)CNC(=O)NCC1(CC(=O)O)CCCCC1. The van der Waals surface area contributed by atoms with Gasteiger partial charge in [-0.2, -0.15) is 0 Å². The zero-order valence-corrected chi connectivity index (χ0v) is 12.7. The Morgan fingerprint density at radius 1 is 1.20 bits per heavy atom. The van der Waals surface area contributed by atoms with Crippen molar-refractivity contribution in [3.63, 3.8) is 0 Å². The minimum atomic E-state index is -0.770. The molecule has 1 aliphatic rings. The predicted octanol–water partition coefficient (Wildman–Crippen LogP) is 2.76. The molecule has 1 aliphatic carbocycles. The summed E-state index contributed by atoms with van der Waals surface area (Å²) in [6, 6.07) is -0.180. The highest BCUT2D eigenvalue weighted by atomic mass is 16.4. The van der Waals surface area contributed by atoms with Crippen molar-refractivity contribution in [2.24, 2.45) is 11.3 Å². The van der Waals surface area contributed by atoms with E-state index in [1.54, 1.807) is 0 Å². The lowest BCUT2D eigenvalue weighted by Crippen LogP contribution is -2.45. The Morgan fingerprint density at radius 2 is 1.85 bits per heavy atom. The molecule has 0 aromatic rings. The molecule has 5 heteroatoms. The number of hydrogen-bond acceptors (Lipinski definition) is 2. The Bertz CT molecular complexity index is 325. The molecule has 1 atom stereocenters. The number of carbonyl (C=O) groups excluding carboxylic acids is 1. The molecule has 1 fully saturated rings. The molecule has 0 aromatic carbocycles. The van der Waals surface area contributed by atoms with Crippen molar-refractivity contribution < 1.29 is 14.7 Å². The van der Waals surface area contributed by atoms with Gasteiger partial charge in [-0.25, -0.2) is 4.79 Å². The van der Waals surface area contributed by atoms with Crippen LogP contribution in [0.3, 0.4) is 0 Å². The molecule has 3 N–H and O–H groups in total. The maximum atomic E-state index is 11.8. The maximum Gasteiger partial charge on any atom is 0.314 e. The number of urea groups is 1. The standard InChI is InChI=1S/C15H28N2O3/c1-3-12(2)10-16-14(20)17-11-15(9-13(18)19)7-5-4-6-8-15/h12H,3-11H2,1-2H3,(H,18,19)(H2,16,17,20). The van der Waals surface area contributed by atoms with Crippen LogP contribution >= 0.6 is 0 Å². The van der Waals surface area contributed by atoms with Gasteiger partial charge in [-0.1, -0.05) is 39.5 Å². The van der Waals surface area contributed by atoms with Crippen molar-refractivity contribution in [3.8, 4) is 0 Å². The minimum absolute atomic E-state index is 0.151. The Balaban J connectivity index is 2.41. The molecule has 0 spiro atoms. The molecule has 5 nitrogen and oxygen atoms in total. The zero-order valence-electron chi connectivity index (χ0n) is 12.7. The zero-order chi connectivity index (χ0) is 15.0. The predicted molar refractivity (Wildman–Crippen MR) is 78.6 cm³/mol. The minimum Gasteiger partial charge on any atom is -0.481 e. The van der Waals surface area contributed by atoms with Crippen LogP contribution in [0.2, 0.25) is 0 Å². The fourth-order valence-electron chi connectivity index (χ4n) is 2.78. The van der Waals surface area contributed by atoms with E-state index in [1.807, 2.05) is 0 Å². The van der Waals surface area contributed by atoms with Crippen LogP contribution in [-0.2, 0) is 4.79 Å². The van der Waals surface area contributed by atoms with Crippen LogP contribution in [0.25, 0.3) is 0 Å². The second-order valence-corrected chi connectivity index (χ2v) is 6.21. The van der Waals surface area contributed by atoms with Gasteiger partial charge >= 0.3 is 12.0 Å². The normalized spacial score (nSPS) is 19.1. The van der Waals surface area contributed by atoms with E-state index >= 15 is 0 Å². The van der Waals surface area contributed by atoms with Gasteiger partial charge in [-0.15, -0.1) is 0 Å². The van der Waals surface area contributed by atoms with Gasteiger partial charge in [-0.3, -0.25) is 4.79 Å². The smallest absolute Gasteiger partial charge is 0.314 e. The highest BCUT2D eigenvalue weighted by molar-refractivity contribution is 5.74. The lowest BCUT2D eigenvalue weighted by molar-refractivity contribution is -0.140. The lowest BCUT2D eigenvalue weighted by atomic mass is 9.72. The molecule has 0 aliphatic heterocycles. The van der Waals surface area contributed by atoms with Crippen LogP contribution in [0, 0.1) is 11.3 Å². The topological polar surface area (TPSA) is 78.4 Å². The van der Waals surface area contributed by atoms with Gasteiger partial charge in [0.15, 0.2) is 0 Å². The summed E-state index contributed by atoms with van der Waals surface area (Å²) in [6.45, 7) is 5.31. The summed E-state index contributed by atoms with van der Waals surface area (Å²) < 4.78 is 0. The summed E-state index contributed by atoms with van der Waals surface area (Å²) in [5, 5.41) is 14.8. The molecule has 20 heavy (non-hydrogen) atoms. The van der Waals surface area contributed by atoms with Crippen molar-refractivity contribution in [2.45, 2.75) is 58.8 Å². The first-order valence-corrected chi connectivity index (χ1v) is 7.71. The van der Waals surface area contributed by atoms with E-state index in [0.717, 1.165) is 32.1 Å². The van der Waals surface area contributed by atoms with Gasteiger partial charge in [0.05, 0.1) is 6.42 Å². The highest BCUT2D eigenvalue weighted by Gasteiger charge is 2.34. The quantitative estimate of drug-likeness (QED) is 0.672. The van der Waals surface area contributed by atoms with E-state index in [2.05, 4.69) is 24.5 Å². The van der Waals surface area contributed by atoms with Crippen molar-refractivity contribution >= 4 is 12.0 Å². The van der Waals surface area contributed by atoms with Gasteiger partial charge in [-0.05, 0) is 24.2 Å². The molecule has 116 valence electrons. The third-order valence-corrected chi connectivity index (χ3v) is 4.37. The number of carboxylic acids is 1. The van der Waals surface area contributed by atoms with Crippen LogP contribution in [0.1, 0.15) is 58.8 Å². The Morgan fingerprint density at radius 3 is 2.40 bits per heavy atom. The van der Waals surface area contributed by atoms with Gasteiger partial charge in [0, 0.05) is 13.1 Å². The van der Waals surface area contributed by atoms with Gasteiger partial charge in [0.1, 0.15) is 0 Å². The first-order chi connectivity index (χ1) is 9.47. The molecular formula is C15H28N2O3. The van der Waals surface area contributed by atoms with E-state index in [4.69, 9.17) is 5.11 Å². The molecule has 1 unspecified atom stereocenters. The lowest BCUT2D eigenvalue weighted by Gasteiger charge is -2.36. The number of rotatable bonds is 7. The molecular weight excluding hydrogens is 256 g/mol. The highest BCUT2D eigenvalue weighted by Crippen LogP contribution is 2.38. The molecule has 0 bridgehead atoms. The average molecular weight is 284 g/mol. The van der Waals surface area contributed by atoms with Gasteiger partial charge in [0.25, 0.3) is 0 Å². The molecule has 1 saturated carbocycles. The number of amides is 2. The van der Waals surface area contributed by atoms with Crippen molar-refractivity contribution in [1.29, 1.82) is 0 Å². The maximum absolute atomic E-state index is 11.8. The summed E-state index contributed by atoms with van der Waals surface area (Å²) in [5.74, 6) is -0.308. The third kappa shape index (κ3) is 5.80. The Hall–Kier alpha value is -1.26. The van der Waals surface area contributed by atoms with Crippen LogP contribution in [-0.4, -0.2) is 30.2 Å². The van der Waals surface area contributed by atoms with Crippen LogP contribution in [0.5, 0.6) is 0 Å². The number of carbonyl (C=O) groups is 2. The largest absolute Gasteiger partial charge is 0.481 e. The fourth-order valence-corrected chi connectivity index (χ4v) is 2.78. The van der Waals surface area contributed by atoms with E-state index in [9.17, 15) is 9.59 Å². The summed E-state index contributed by atoms with van der Waals surface area (Å²) >= 11 is 0. The molecule has 2 amide bonds. The number of carboxylic acid groups (broad SMARTS) is 1. The van der Waals surface area contributed by atoms with Crippen molar-refractivity contribution in [1.82, 2.24) is 10.6 Å². The van der Waals surface area contributed by atoms with Crippen LogP contribution < -0.4 is 10.6 Å². The van der Waals surface area contributed by atoms with E-state index in [0.29, 0.717) is 19.0 Å². The molecule has 0 heterocycles. The summed E-state index contributed by atoms with van der Waals surface area (Å²) in [7, 11) is 0. The Kier molecular flexibility index (Phi) is 6.82.